The van der Waals surface area contributed by atoms with Crippen molar-refractivity contribution in [3.63, 3.8) is 0 Å². The van der Waals surface area contributed by atoms with Crippen molar-refractivity contribution < 1.29 is 9.53 Å². The summed E-state index contributed by atoms with van der Waals surface area (Å²) in [6.45, 7) is 2.92. The fraction of sp³-hybridized carbons (Fsp3) is 0.292. The molecule has 2 amide bonds. The summed E-state index contributed by atoms with van der Waals surface area (Å²) in [4.78, 5) is 23.1. The number of likely N-dealkylation sites (tertiary alicyclic amines) is 1. The summed E-state index contributed by atoms with van der Waals surface area (Å²) in [5.41, 5.74) is 1.06. The summed E-state index contributed by atoms with van der Waals surface area (Å²) in [6.07, 6.45) is 3.64. The highest BCUT2D eigenvalue weighted by atomic mass is 35.5. The number of amides is 2. The van der Waals surface area contributed by atoms with Crippen molar-refractivity contribution in [2.45, 2.75) is 12.8 Å². The van der Waals surface area contributed by atoms with Crippen LogP contribution in [0.15, 0.2) is 48.8 Å². The topological polar surface area (TPSA) is 91.4 Å². The van der Waals surface area contributed by atoms with E-state index in [2.05, 4.69) is 37.9 Å². The zero-order valence-electron chi connectivity index (χ0n) is 19.0. The Morgan fingerprint density at radius 3 is 2.49 bits per heavy atom. The molecule has 0 unspecified atom stereocenters. The van der Waals surface area contributed by atoms with Crippen LogP contribution in [0.3, 0.4) is 0 Å². The molecule has 0 spiro atoms. The maximum atomic E-state index is 12.4. The minimum atomic E-state index is -0.565. The first kappa shape index (κ1) is 25.3. The van der Waals surface area contributed by atoms with Crippen LogP contribution in [0.2, 0.25) is 15.1 Å². The lowest BCUT2D eigenvalue weighted by Crippen LogP contribution is -2.32. The van der Waals surface area contributed by atoms with Crippen molar-refractivity contribution in [2.24, 2.45) is 5.92 Å². The molecular weight excluding hydrogens is 511 g/mol. The van der Waals surface area contributed by atoms with Gasteiger partial charge in [0, 0.05) is 22.8 Å². The number of nitrogens with one attached hydrogen (secondary N) is 3. The largest absolute Gasteiger partial charge is 0.493 e. The Balaban J connectivity index is 1.34. The van der Waals surface area contributed by atoms with Crippen LogP contribution in [0, 0.1) is 5.92 Å². The lowest BCUT2D eigenvalue weighted by molar-refractivity contribution is 0.160. The maximum Gasteiger partial charge on any atom is 0.324 e. The van der Waals surface area contributed by atoms with Crippen molar-refractivity contribution in [2.75, 3.05) is 42.7 Å². The molecule has 2 aromatic carbocycles. The second-order valence-electron chi connectivity index (χ2n) is 8.32. The van der Waals surface area contributed by atoms with Crippen molar-refractivity contribution in [1.29, 1.82) is 0 Å². The summed E-state index contributed by atoms with van der Waals surface area (Å²) >= 11 is 18.2. The number of carbonyl (C=O) groups is 1. The molecule has 0 bridgehead atoms. The Morgan fingerprint density at radius 2 is 1.74 bits per heavy atom. The van der Waals surface area contributed by atoms with Gasteiger partial charge in [-0.3, -0.25) is 5.32 Å². The van der Waals surface area contributed by atoms with Crippen molar-refractivity contribution in [3.05, 3.63) is 63.9 Å². The molecule has 0 aliphatic carbocycles. The monoisotopic (exact) mass is 534 g/mol. The van der Waals surface area contributed by atoms with E-state index in [0.717, 1.165) is 37.4 Å². The second kappa shape index (κ2) is 11.8. The molecular formula is C24H25Cl3N6O2. The number of rotatable bonds is 7. The smallest absolute Gasteiger partial charge is 0.324 e. The Bertz CT molecular complexity index is 1160. The van der Waals surface area contributed by atoms with Gasteiger partial charge in [-0.25, -0.2) is 14.8 Å². The van der Waals surface area contributed by atoms with E-state index >= 15 is 0 Å². The third kappa shape index (κ3) is 7.35. The number of nitrogens with zero attached hydrogens (tertiary/aromatic N) is 3. The first-order valence-corrected chi connectivity index (χ1v) is 12.2. The standard InChI is InChI=1S/C24H25Cl3N6O2/c1-33-7-5-15(6-8-33)13-35-18-4-2-3-17(11-18)30-21-12-22(29-14-28-21)31-24(34)32-23-19(26)9-16(25)10-20(23)27/h2-4,9-12,14-15H,5-8,13H2,1H3,(H3,28,29,30,31,32,34). The molecule has 3 aromatic rings. The first-order chi connectivity index (χ1) is 16.9. The molecule has 35 heavy (non-hydrogen) atoms. The number of piperidine rings is 1. The van der Waals surface area contributed by atoms with E-state index in [9.17, 15) is 4.79 Å². The van der Waals surface area contributed by atoms with Gasteiger partial charge in [0.25, 0.3) is 0 Å². The lowest BCUT2D eigenvalue weighted by atomic mass is 9.98. The second-order valence-corrected chi connectivity index (χ2v) is 9.57. The number of benzene rings is 2. The summed E-state index contributed by atoms with van der Waals surface area (Å²) in [5.74, 6) is 2.15. The van der Waals surface area contributed by atoms with Crippen LogP contribution in [0.5, 0.6) is 5.75 Å². The molecule has 2 heterocycles. The molecule has 1 aliphatic rings. The molecule has 0 saturated carbocycles. The highest BCUT2D eigenvalue weighted by Crippen LogP contribution is 2.33. The van der Waals surface area contributed by atoms with Gasteiger partial charge in [0.1, 0.15) is 23.7 Å². The predicted octanol–water partition coefficient (Wildman–Crippen LogP) is 6.55. The van der Waals surface area contributed by atoms with E-state index in [1.165, 1.54) is 18.5 Å². The summed E-state index contributed by atoms with van der Waals surface area (Å²) in [7, 11) is 2.15. The Morgan fingerprint density at radius 1 is 1.03 bits per heavy atom. The molecule has 0 atom stereocenters. The van der Waals surface area contributed by atoms with Crippen LogP contribution in [0.1, 0.15) is 12.8 Å². The summed E-state index contributed by atoms with van der Waals surface area (Å²) in [5, 5.41) is 9.26. The van der Waals surface area contributed by atoms with Crippen LogP contribution in [-0.4, -0.2) is 47.6 Å². The summed E-state index contributed by atoms with van der Waals surface area (Å²) < 4.78 is 6.03. The molecule has 3 N–H and O–H groups in total. The van der Waals surface area contributed by atoms with Crippen molar-refractivity contribution >= 4 is 63.8 Å². The number of hydrogen-bond acceptors (Lipinski definition) is 6. The molecule has 11 heteroatoms. The fourth-order valence-electron chi connectivity index (χ4n) is 3.67. The van der Waals surface area contributed by atoms with Crippen LogP contribution in [0.25, 0.3) is 0 Å². The van der Waals surface area contributed by atoms with Gasteiger partial charge in [0.15, 0.2) is 0 Å². The van der Waals surface area contributed by atoms with Gasteiger partial charge >= 0.3 is 6.03 Å². The Kier molecular flexibility index (Phi) is 8.51. The predicted molar refractivity (Wildman–Crippen MR) is 142 cm³/mol. The number of ether oxygens (including phenoxy) is 1. The molecule has 0 radical (unpaired) electrons. The number of carbonyl (C=O) groups excluding carboxylic acids is 1. The minimum absolute atomic E-state index is 0.223. The first-order valence-electron chi connectivity index (χ1n) is 11.1. The van der Waals surface area contributed by atoms with Gasteiger partial charge in [-0.2, -0.15) is 0 Å². The number of halogens is 3. The Hall–Kier alpha value is -2.78. The van der Waals surface area contributed by atoms with E-state index in [4.69, 9.17) is 39.5 Å². The quantitative estimate of drug-likeness (QED) is 0.318. The van der Waals surface area contributed by atoms with Crippen LogP contribution in [0.4, 0.5) is 27.8 Å². The van der Waals surface area contributed by atoms with E-state index in [-0.39, 0.29) is 21.6 Å². The van der Waals surface area contributed by atoms with Crippen LogP contribution >= 0.6 is 34.8 Å². The highest BCUT2D eigenvalue weighted by molar-refractivity contribution is 6.42. The van der Waals surface area contributed by atoms with Gasteiger partial charge in [0.05, 0.1) is 22.3 Å². The fourth-order valence-corrected chi connectivity index (χ4v) is 4.58. The molecule has 1 saturated heterocycles. The zero-order valence-corrected chi connectivity index (χ0v) is 21.3. The zero-order chi connectivity index (χ0) is 24.8. The lowest BCUT2D eigenvalue weighted by Gasteiger charge is -2.28. The molecule has 4 rings (SSSR count). The number of urea groups is 1. The van der Waals surface area contributed by atoms with Gasteiger partial charge < -0.3 is 20.3 Å². The highest BCUT2D eigenvalue weighted by Gasteiger charge is 2.17. The maximum absolute atomic E-state index is 12.4. The van der Waals surface area contributed by atoms with Gasteiger partial charge in [0.2, 0.25) is 0 Å². The van der Waals surface area contributed by atoms with Gasteiger partial charge in [-0.15, -0.1) is 0 Å². The summed E-state index contributed by atoms with van der Waals surface area (Å²) in [6, 6.07) is 11.7. The van der Waals surface area contributed by atoms with E-state index in [1.807, 2.05) is 24.3 Å². The van der Waals surface area contributed by atoms with E-state index < -0.39 is 6.03 Å². The van der Waals surface area contributed by atoms with Crippen LogP contribution < -0.4 is 20.7 Å². The van der Waals surface area contributed by atoms with Gasteiger partial charge in [-0.05, 0) is 63.2 Å². The normalized spacial score (nSPS) is 14.4. The molecule has 184 valence electrons. The van der Waals surface area contributed by atoms with E-state index in [1.54, 1.807) is 6.07 Å². The number of aromatic nitrogens is 2. The van der Waals surface area contributed by atoms with Crippen molar-refractivity contribution in [1.82, 2.24) is 14.9 Å². The van der Waals surface area contributed by atoms with E-state index in [0.29, 0.717) is 23.4 Å². The van der Waals surface area contributed by atoms with Crippen molar-refractivity contribution in [3.8, 4) is 5.75 Å². The third-order valence-corrected chi connectivity index (χ3v) is 6.40. The average Bonchev–Trinajstić information content (AvgIpc) is 2.81. The SMILES string of the molecule is CN1CCC(COc2cccc(Nc3cc(NC(=O)Nc4c(Cl)cc(Cl)cc4Cl)ncn3)c2)CC1. The average molecular weight is 536 g/mol. The molecule has 1 aromatic heterocycles. The molecule has 8 nitrogen and oxygen atoms in total. The molecule has 1 fully saturated rings. The van der Waals surface area contributed by atoms with Crippen LogP contribution in [-0.2, 0) is 0 Å². The molecule has 1 aliphatic heterocycles. The number of anilines is 4. The minimum Gasteiger partial charge on any atom is -0.493 e. The Labute approximate surface area is 218 Å². The third-order valence-electron chi connectivity index (χ3n) is 5.58. The number of hydrogen-bond donors (Lipinski definition) is 3. The van der Waals surface area contributed by atoms with Gasteiger partial charge in [-0.1, -0.05) is 40.9 Å².